The van der Waals surface area contributed by atoms with Crippen LogP contribution in [0.4, 0.5) is 5.69 Å². The number of unbranched alkanes of at least 4 members (excludes halogenated alkanes) is 13. The van der Waals surface area contributed by atoms with E-state index in [0.29, 0.717) is 6.61 Å². The lowest BCUT2D eigenvalue weighted by molar-refractivity contribution is -0.689. The minimum atomic E-state index is -0.0580. The van der Waals surface area contributed by atoms with Gasteiger partial charge in [0.25, 0.3) is 0 Å². The average molecular weight is 594 g/mol. The van der Waals surface area contributed by atoms with Crippen LogP contribution in [0.1, 0.15) is 114 Å². The van der Waals surface area contributed by atoms with Gasteiger partial charge in [-0.25, -0.2) is 0 Å². The van der Waals surface area contributed by atoms with Gasteiger partial charge in [-0.05, 0) is 24.6 Å². The van der Waals surface area contributed by atoms with Crippen molar-refractivity contribution in [3.05, 3.63) is 70.2 Å². The highest BCUT2D eigenvalue weighted by molar-refractivity contribution is 7.07. The van der Waals surface area contributed by atoms with Gasteiger partial charge in [0.1, 0.15) is 11.5 Å². The number of thiazole rings is 1. The van der Waals surface area contributed by atoms with Crippen LogP contribution in [-0.2, 0) is 17.8 Å². The zero-order valence-electron chi connectivity index (χ0n) is 26.3. The van der Waals surface area contributed by atoms with E-state index in [9.17, 15) is 4.79 Å². The third-order valence-electron chi connectivity index (χ3n) is 7.85. The smallest absolute Gasteiger partial charge is 0.228 e. The van der Waals surface area contributed by atoms with E-state index in [2.05, 4.69) is 46.8 Å². The lowest BCUT2D eigenvalue weighted by Gasteiger charge is -2.13. The van der Waals surface area contributed by atoms with Crippen molar-refractivity contribution in [1.82, 2.24) is 0 Å². The molecule has 0 aliphatic heterocycles. The standard InChI is InChI=1S/C36H52N2O3S/c1-4-5-6-7-8-9-10-11-12-13-14-15-16-17-24-41-35-26-34(40-3)23-20-32(35)25-36(39)37-33-21-18-31(19-22-33)27-38-29-42-28-30(38)2/h18-23,26,28-29H,4-17,24-25,27H2,1-3H3/p+1. The molecule has 0 aliphatic carbocycles. The molecule has 42 heavy (non-hydrogen) atoms. The third kappa shape index (κ3) is 13.0. The van der Waals surface area contributed by atoms with Crippen molar-refractivity contribution >= 4 is 22.9 Å². The van der Waals surface area contributed by atoms with E-state index in [1.54, 1.807) is 18.4 Å². The molecule has 3 aromatic rings. The molecule has 0 radical (unpaired) electrons. The van der Waals surface area contributed by atoms with Crippen molar-refractivity contribution < 1.29 is 18.8 Å². The molecule has 0 aliphatic rings. The number of aryl methyl sites for hydroxylation is 1. The zero-order valence-corrected chi connectivity index (χ0v) is 27.1. The summed E-state index contributed by atoms with van der Waals surface area (Å²) in [5.41, 5.74) is 6.25. The monoisotopic (exact) mass is 593 g/mol. The summed E-state index contributed by atoms with van der Waals surface area (Å²) in [5, 5.41) is 5.18. The molecule has 0 bridgehead atoms. The number of amides is 1. The largest absolute Gasteiger partial charge is 0.497 e. The minimum absolute atomic E-state index is 0.0580. The second-order valence-electron chi connectivity index (χ2n) is 11.5. The van der Waals surface area contributed by atoms with Gasteiger partial charge < -0.3 is 14.8 Å². The highest BCUT2D eigenvalue weighted by atomic mass is 32.1. The summed E-state index contributed by atoms with van der Waals surface area (Å²) in [6, 6.07) is 13.8. The number of carbonyl (C=O) groups excluding carboxylic acids is 1. The van der Waals surface area contributed by atoms with Crippen LogP contribution in [0, 0.1) is 6.92 Å². The fourth-order valence-corrected chi connectivity index (χ4v) is 5.99. The summed E-state index contributed by atoms with van der Waals surface area (Å²) in [7, 11) is 1.65. The summed E-state index contributed by atoms with van der Waals surface area (Å²) >= 11 is 1.70. The molecule has 6 heteroatoms. The molecule has 3 rings (SSSR count). The number of hydrogen-bond acceptors (Lipinski definition) is 4. The van der Waals surface area contributed by atoms with Gasteiger partial charge in [-0.3, -0.25) is 4.79 Å². The lowest BCUT2D eigenvalue weighted by atomic mass is 10.0. The number of hydrogen-bond donors (Lipinski definition) is 1. The molecule has 0 saturated carbocycles. The second kappa shape index (κ2) is 20.1. The number of benzene rings is 2. The molecule has 1 amide bonds. The Labute approximate surface area is 258 Å². The number of rotatable bonds is 22. The van der Waals surface area contributed by atoms with E-state index in [0.717, 1.165) is 35.7 Å². The van der Waals surface area contributed by atoms with Crippen molar-refractivity contribution in [3.63, 3.8) is 0 Å². The van der Waals surface area contributed by atoms with Crippen LogP contribution in [0.2, 0.25) is 0 Å². The van der Waals surface area contributed by atoms with Crippen molar-refractivity contribution in [2.75, 3.05) is 19.0 Å². The number of anilines is 1. The van der Waals surface area contributed by atoms with Crippen molar-refractivity contribution in [1.29, 1.82) is 0 Å². The molecule has 0 saturated heterocycles. The van der Waals surface area contributed by atoms with Gasteiger partial charge in [0.05, 0.1) is 25.5 Å². The molecular weight excluding hydrogens is 540 g/mol. The van der Waals surface area contributed by atoms with Crippen LogP contribution < -0.4 is 19.4 Å². The fraction of sp³-hybridized carbons (Fsp3) is 0.556. The van der Waals surface area contributed by atoms with Gasteiger partial charge in [0.15, 0.2) is 12.2 Å². The molecule has 2 aromatic carbocycles. The second-order valence-corrected chi connectivity index (χ2v) is 12.2. The SMILES string of the molecule is CCCCCCCCCCCCCCCCOc1cc(OC)ccc1CC(=O)Nc1ccc(C[n+]2cscc2C)cc1. The predicted molar refractivity (Wildman–Crippen MR) is 176 cm³/mol. The van der Waals surface area contributed by atoms with Gasteiger partial charge in [-0.15, -0.1) is 0 Å². The van der Waals surface area contributed by atoms with Crippen molar-refractivity contribution in [2.45, 2.75) is 117 Å². The quantitative estimate of drug-likeness (QED) is 0.0932. The highest BCUT2D eigenvalue weighted by Gasteiger charge is 2.12. The Morgan fingerprint density at radius 2 is 1.45 bits per heavy atom. The summed E-state index contributed by atoms with van der Waals surface area (Å²) in [6.07, 6.45) is 19.0. The van der Waals surface area contributed by atoms with Gasteiger partial charge in [0.2, 0.25) is 11.4 Å². The van der Waals surface area contributed by atoms with Crippen LogP contribution in [0.5, 0.6) is 11.5 Å². The Bertz CT molecular complexity index is 1160. The summed E-state index contributed by atoms with van der Waals surface area (Å²) in [4.78, 5) is 12.9. The van der Waals surface area contributed by atoms with Crippen LogP contribution >= 0.6 is 11.3 Å². The Morgan fingerprint density at radius 3 is 2.02 bits per heavy atom. The molecular formula is C36H53N2O3S+. The van der Waals surface area contributed by atoms with E-state index in [-0.39, 0.29) is 12.3 Å². The number of carbonyl (C=O) groups is 1. The summed E-state index contributed by atoms with van der Waals surface area (Å²) < 4.78 is 13.8. The number of nitrogens with one attached hydrogen (secondary N) is 1. The van der Waals surface area contributed by atoms with Crippen molar-refractivity contribution in [2.24, 2.45) is 0 Å². The van der Waals surface area contributed by atoms with Crippen molar-refractivity contribution in [3.8, 4) is 11.5 Å². The molecule has 0 unspecified atom stereocenters. The maximum Gasteiger partial charge on any atom is 0.228 e. The van der Waals surface area contributed by atoms with Crippen LogP contribution in [-0.4, -0.2) is 19.6 Å². The first-order valence-corrected chi connectivity index (χ1v) is 17.1. The van der Waals surface area contributed by atoms with E-state index >= 15 is 0 Å². The molecule has 0 atom stereocenters. The average Bonchev–Trinajstić information content (AvgIpc) is 3.40. The summed E-state index contributed by atoms with van der Waals surface area (Å²) in [5.74, 6) is 1.42. The number of aromatic nitrogens is 1. The molecule has 1 aromatic heterocycles. The molecule has 230 valence electrons. The first kappa shape index (κ1) is 33.6. The van der Waals surface area contributed by atoms with Crippen LogP contribution in [0.15, 0.2) is 53.4 Å². The fourth-order valence-electron chi connectivity index (χ4n) is 5.20. The maximum atomic E-state index is 12.9. The summed E-state index contributed by atoms with van der Waals surface area (Å²) in [6.45, 7) is 5.88. The van der Waals surface area contributed by atoms with Gasteiger partial charge in [0, 0.05) is 29.8 Å². The lowest BCUT2D eigenvalue weighted by Crippen LogP contribution is -2.34. The van der Waals surface area contributed by atoms with E-state index < -0.39 is 0 Å². The van der Waals surface area contributed by atoms with Crippen LogP contribution in [0.3, 0.4) is 0 Å². The zero-order chi connectivity index (χ0) is 29.8. The van der Waals surface area contributed by atoms with E-state index in [1.807, 2.05) is 30.3 Å². The van der Waals surface area contributed by atoms with Gasteiger partial charge in [-0.1, -0.05) is 120 Å². The molecule has 0 fully saturated rings. The molecule has 1 N–H and O–H groups in total. The Balaban J connectivity index is 1.33. The number of methoxy groups -OCH3 is 1. The first-order chi connectivity index (χ1) is 20.6. The predicted octanol–water partition coefficient (Wildman–Crippen LogP) is 9.44. The molecule has 0 spiro atoms. The van der Waals surface area contributed by atoms with Crippen LogP contribution in [0.25, 0.3) is 0 Å². The Kier molecular flexibility index (Phi) is 16.1. The third-order valence-corrected chi connectivity index (χ3v) is 8.70. The minimum Gasteiger partial charge on any atom is -0.497 e. The first-order valence-electron chi connectivity index (χ1n) is 16.2. The normalized spacial score (nSPS) is 11.0. The Morgan fingerprint density at radius 1 is 0.833 bits per heavy atom. The Hall–Kier alpha value is -2.86. The number of nitrogens with zero attached hydrogens (tertiary/aromatic N) is 1. The van der Waals surface area contributed by atoms with Gasteiger partial charge in [-0.2, -0.15) is 4.57 Å². The topological polar surface area (TPSA) is 51.4 Å². The maximum absolute atomic E-state index is 12.9. The number of ether oxygens (including phenoxy) is 2. The highest BCUT2D eigenvalue weighted by Crippen LogP contribution is 2.26. The molecule has 5 nitrogen and oxygen atoms in total. The van der Waals surface area contributed by atoms with Gasteiger partial charge >= 0.3 is 0 Å². The molecule has 1 heterocycles. The van der Waals surface area contributed by atoms with E-state index in [4.69, 9.17) is 9.47 Å². The van der Waals surface area contributed by atoms with E-state index in [1.165, 1.54) is 94.7 Å².